The van der Waals surface area contributed by atoms with E-state index in [2.05, 4.69) is 12.2 Å². The maximum atomic E-state index is 12.5. The summed E-state index contributed by atoms with van der Waals surface area (Å²) in [5, 5.41) is 2.54. The zero-order chi connectivity index (χ0) is 14.3. The van der Waals surface area contributed by atoms with Crippen LogP contribution in [0.2, 0.25) is 0 Å². The molecule has 1 aliphatic carbocycles. The van der Waals surface area contributed by atoms with E-state index >= 15 is 0 Å². The summed E-state index contributed by atoms with van der Waals surface area (Å²) in [4.78, 5) is 24.4. The number of imide groups is 1. The van der Waals surface area contributed by atoms with Gasteiger partial charge >= 0.3 is 0 Å². The predicted molar refractivity (Wildman–Crippen MR) is 77.1 cm³/mol. The van der Waals surface area contributed by atoms with Crippen LogP contribution in [0.4, 0.5) is 0 Å². The summed E-state index contributed by atoms with van der Waals surface area (Å²) in [6.07, 6.45) is 3.56. The van der Waals surface area contributed by atoms with Gasteiger partial charge in [-0.05, 0) is 42.2 Å². The van der Waals surface area contributed by atoms with Crippen molar-refractivity contribution in [2.75, 3.05) is 0 Å². The number of piperidine rings is 1. The Bertz CT molecular complexity index is 566. The van der Waals surface area contributed by atoms with Crippen molar-refractivity contribution in [2.45, 2.75) is 45.4 Å². The summed E-state index contributed by atoms with van der Waals surface area (Å²) in [6.45, 7) is 4.27. The minimum Gasteiger partial charge on any atom is -0.296 e. The lowest BCUT2D eigenvalue weighted by Crippen LogP contribution is -2.50. The lowest BCUT2D eigenvalue weighted by atomic mass is 9.65. The monoisotopic (exact) mass is 271 g/mol. The van der Waals surface area contributed by atoms with E-state index in [1.807, 2.05) is 31.2 Å². The Hall–Kier alpha value is -1.64. The molecule has 3 heteroatoms. The Morgan fingerprint density at radius 1 is 1.25 bits per heavy atom. The Morgan fingerprint density at radius 2 is 2.00 bits per heavy atom. The highest BCUT2D eigenvalue weighted by Gasteiger charge is 2.52. The molecule has 3 unspecified atom stereocenters. The molecule has 1 aromatic rings. The number of rotatable bonds is 1. The lowest BCUT2D eigenvalue weighted by molar-refractivity contribution is -0.140. The molecule has 2 aliphatic rings. The van der Waals surface area contributed by atoms with Crippen molar-refractivity contribution in [1.82, 2.24) is 5.32 Å². The minimum absolute atomic E-state index is 0.103. The quantitative estimate of drug-likeness (QED) is 0.798. The average molecular weight is 271 g/mol. The second-order valence-corrected chi connectivity index (χ2v) is 6.59. The molecule has 3 atom stereocenters. The summed E-state index contributed by atoms with van der Waals surface area (Å²) < 4.78 is 0. The summed E-state index contributed by atoms with van der Waals surface area (Å²) in [5.41, 5.74) is 2.07. The first-order valence-electron chi connectivity index (χ1n) is 7.41. The number of nitrogens with one attached hydrogen (secondary N) is 1. The first-order chi connectivity index (χ1) is 9.52. The fourth-order valence-electron chi connectivity index (χ4n) is 4.19. The van der Waals surface area contributed by atoms with Gasteiger partial charge in [-0.1, -0.05) is 37.6 Å². The zero-order valence-corrected chi connectivity index (χ0v) is 12.1. The van der Waals surface area contributed by atoms with Crippen LogP contribution >= 0.6 is 0 Å². The fourth-order valence-corrected chi connectivity index (χ4v) is 4.19. The third-order valence-corrected chi connectivity index (χ3v) is 5.04. The average Bonchev–Trinajstić information content (AvgIpc) is 2.72. The Morgan fingerprint density at radius 3 is 2.65 bits per heavy atom. The van der Waals surface area contributed by atoms with Crippen molar-refractivity contribution < 1.29 is 9.59 Å². The molecule has 1 aliphatic heterocycles. The maximum absolute atomic E-state index is 12.5. The molecule has 1 N–H and O–H groups in total. The molecule has 0 radical (unpaired) electrons. The van der Waals surface area contributed by atoms with Crippen molar-refractivity contribution >= 4 is 11.8 Å². The van der Waals surface area contributed by atoms with Gasteiger partial charge in [0.25, 0.3) is 0 Å². The number of amides is 2. The first-order valence-corrected chi connectivity index (χ1v) is 7.41. The highest BCUT2D eigenvalue weighted by atomic mass is 16.2. The van der Waals surface area contributed by atoms with Crippen molar-refractivity contribution in [3.8, 4) is 0 Å². The van der Waals surface area contributed by atoms with Gasteiger partial charge in [-0.3, -0.25) is 14.9 Å². The molecule has 2 fully saturated rings. The molecular formula is C17H21NO2. The van der Waals surface area contributed by atoms with Gasteiger partial charge in [0.05, 0.1) is 5.92 Å². The van der Waals surface area contributed by atoms with Gasteiger partial charge in [0.15, 0.2) is 0 Å². The Balaban J connectivity index is 2.07. The van der Waals surface area contributed by atoms with E-state index in [-0.39, 0.29) is 23.1 Å². The number of aryl methyl sites for hydroxylation is 1. The molecule has 1 aromatic carbocycles. The van der Waals surface area contributed by atoms with E-state index in [1.54, 1.807) is 0 Å². The van der Waals surface area contributed by atoms with Gasteiger partial charge in [0.2, 0.25) is 11.8 Å². The molecule has 1 saturated heterocycles. The molecule has 3 nitrogen and oxygen atoms in total. The van der Waals surface area contributed by atoms with Crippen LogP contribution < -0.4 is 5.32 Å². The van der Waals surface area contributed by atoms with Gasteiger partial charge in [-0.25, -0.2) is 0 Å². The van der Waals surface area contributed by atoms with Gasteiger partial charge in [0.1, 0.15) is 0 Å². The summed E-state index contributed by atoms with van der Waals surface area (Å²) in [6, 6.07) is 8.07. The van der Waals surface area contributed by atoms with Crippen LogP contribution in [0.3, 0.4) is 0 Å². The fraction of sp³-hybridized carbons (Fsp3) is 0.529. The van der Waals surface area contributed by atoms with Crippen LogP contribution in [0.1, 0.15) is 49.7 Å². The number of benzene rings is 1. The number of hydrogen-bond acceptors (Lipinski definition) is 2. The molecule has 0 bridgehead atoms. The molecule has 20 heavy (non-hydrogen) atoms. The summed E-state index contributed by atoms with van der Waals surface area (Å²) >= 11 is 0. The molecule has 2 amide bonds. The number of carbonyl (C=O) groups excluding carboxylic acids is 2. The SMILES string of the molecule is Cc1ccccc1C1C(=O)NC(=O)CC12CCC(C)C2. The highest BCUT2D eigenvalue weighted by Crippen LogP contribution is 2.55. The van der Waals surface area contributed by atoms with Gasteiger partial charge in [-0.15, -0.1) is 0 Å². The minimum atomic E-state index is -0.175. The van der Waals surface area contributed by atoms with E-state index in [9.17, 15) is 9.59 Å². The summed E-state index contributed by atoms with van der Waals surface area (Å²) in [7, 11) is 0. The molecular weight excluding hydrogens is 250 g/mol. The second kappa shape index (κ2) is 4.72. The van der Waals surface area contributed by atoms with Crippen molar-refractivity contribution in [3.05, 3.63) is 35.4 Å². The molecule has 106 valence electrons. The number of hydrogen-bond donors (Lipinski definition) is 1. The van der Waals surface area contributed by atoms with Crippen molar-refractivity contribution in [3.63, 3.8) is 0 Å². The van der Waals surface area contributed by atoms with E-state index in [4.69, 9.17) is 0 Å². The number of carbonyl (C=O) groups is 2. The predicted octanol–water partition coefficient (Wildman–Crippen LogP) is 2.93. The zero-order valence-electron chi connectivity index (χ0n) is 12.1. The normalized spacial score (nSPS) is 33.5. The standard InChI is InChI=1S/C17H21NO2/c1-11-7-8-17(9-11)10-14(19)18-16(20)15(17)13-6-4-3-5-12(13)2/h3-6,11,15H,7-10H2,1-2H3,(H,18,19,20). The van der Waals surface area contributed by atoms with Gasteiger partial charge < -0.3 is 0 Å². The highest BCUT2D eigenvalue weighted by molar-refractivity contribution is 6.02. The smallest absolute Gasteiger partial charge is 0.234 e. The van der Waals surface area contributed by atoms with Crippen LogP contribution in [-0.2, 0) is 9.59 Å². The maximum Gasteiger partial charge on any atom is 0.234 e. The molecule has 1 saturated carbocycles. The van der Waals surface area contributed by atoms with Crippen LogP contribution in [-0.4, -0.2) is 11.8 Å². The third-order valence-electron chi connectivity index (χ3n) is 5.04. The van der Waals surface area contributed by atoms with Gasteiger partial charge in [-0.2, -0.15) is 0 Å². The molecule has 0 aromatic heterocycles. The molecule has 3 rings (SSSR count). The van der Waals surface area contributed by atoms with E-state index in [0.717, 1.165) is 30.4 Å². The third kappa shape index (κ3) is 2.05. The first kappa shape index (κ1) is 13.3. The topological polar surface area (TPSA) is 46.2 Å². The van der Waals surface area contributed by atoms with Crippen LogP contribution in [0.5, 0.6) is 0 Å². The van der Waals surface area contributed by atoms with Crippen LogP contribution in [0, 0.1) is 18.3 Å². The Kier molecular flexibility index (Phi) is 3.15. The van der Waals surface area contributed by atoms with E-state index in [0.29, 0.717) is 12.3 Å². The Labute approximate surface area is 119 Å². The van der Waals surface area contributed by atoms with Crippen molar-refractivity contribution in [2.24, 2.45) is 11.3 Å². The summed E-state index contributed by atoms with van der Waals surface area (Å²) in [5.74, 6) is 0.213. The second-order valence-electron chi connectivity index (χ2n) is 6.59. The molecule has 1 heterocycles. The van der Waals surface area contributed by atoms with Gasteiger partial charge in [0, 0.05) is 6.42 Å². The largest absolute Gasteiger partial charge is 0.296 e. The van der Waals surface area contributed by atoms with E-state index < -0.39 is 0 Å². The van der Waals surface area contributed by atoms with Crippen LogP contribution in [0.15, 0.2) is 24.3 Å². The van der Waals surface area contributed by atoms with Crippen molar-refractivity contribution in [1.29, 1.82) is 0 Å². The molecule has 1 spiro atoms. The van der Waals surface area contributed by atoms with Crippen LogP contribution in [0.25, 0.3) is 0 Å². The lowest BCUT2D eigenvalue weighted by Gasteiger charge is -2.40. The van der Waals surface area contributed by atoms with E-state index in [1.165, 1.54) is 0 Å².